The molecule has 1 aliphatic rings. The van der Waals surface area contributed by atoms with E-state index in [0.717, 1.165) is 25.1 Å². The number of aliphatic carboxylic acids is 1. The maximum atomic E-state index is 11.7. The monoisotopic (exact) mass is 264 g/mol. The van der Waals surface area contributed by atoms with Gasteiger partial charge in [-0.15, -0.1) is 0 Å². The smallest absolute Gasteiger partial charge is 0.326 e. The van der Waals surface area contributed by atoms with Crippen molar-refractivity contribution in [2.45, 2.75) is 31.3 Å². The van der Waals surface area contributed by atoms with Crippen molar-refractivity contribution in [1.29, 1.82) is 0 Å². The molecule has 5 N–H and O–H groups in total. The van der Waals surface area contributed by atoms with Gasteiger partial charge in [0.15, 0.2) is 0 Å². The molecule has 1 heterocycles. The Morgan fingerprint density at radius 1 is 1.59 bits per heavy atom. The number of rotatable bonds is 6. The lowest BCUT2D eigenvalue weighted by Crippen LogP contribution is -2.48. The highest BCUT2D eigenvalue weighted by molar-refractivity contribution is 7.98. The van der Waals surface area contributed by atoms with Crippen LogP contribution in [0.3, 0.4) is 0 Å². The van der Waals surface area contributed by atoms with Crippen LogP contribution >= 0.6 is 11.8 Å². The van der Waals surface area contributed by atoms with E-state index >= 15 is 0 Å². The fourth-order valence-electron chi connectivity index (χ4n) is 1.67. The number of carboxylic acid groups (broad SMARTS) is 1. The minimum absolute atomic E-state index is 0. The topological polar surface area (TPSA) is 110 Å². The third-order valence-electron chi connectivity index (χ3n) is 2.60. The summed E-state index contributed by atoms with van der Waals surface area (Å²) in [4.78, 5) is 22.6. The molecule has 0 aliphatic carbocycles. The highest BCUT2D eigenvalue weighted by Crippen LogP contribution is 2.06. The Bertz CT molecular complexity index is 257. The normalized spacial score (nSPS) is 20.4. The number of nitrogens with one attached hydrogen (secondary N) is 2. The van der Waals surface area contributed by atoms with Gasteiger partial charge in [0.25, 0.3) is 0 Å². The van der Waals surface area contributed by atoms with Crippen molar-refractivity contribution in [2.24, 2.45) is 0 Å². The number of amides is 1. The molecule has 0 aromatic rings. The molecule has 0 saturated carbocycles. The van der Waals surface area contributed by atoms with Gasteiger partial charge in [-0.25, -0.2) is 4.79 Å². The first-order valence-corrected chi connectivity index (χ1v) is 6.80. The lowest BCUT2D eigenvalue weighted by atomic mass is 10.1. The van der Waals surface area contributed by atoms with Gasteiger partial charge in [0.2, 0.25) is 5.91 Å². The van der Waals surface area contributed by atoms with Gasteiger partial charge in [0, 0.05) is 0 Å². The van der Waals surface area contributed by atoms with Crippen LogP contribution in [0, 0.1) is 0 Å². The van der Waals surface area contributed by atoms with Crippen LogP contribution in [0.5, 0.6) is 0 Å². The molecule has 100 valence electrons. The Labute approximate surface area is 105 Å². The molecule has 0 spiro atoms. The number of carbonyl (C=O) groups is 2. The predicted molar refractivity (Wildman–Crippen MR) is 67.2 cm³/mol. The maximum Gasteiger partial charge on any atom is 0.326 e. The number of hydrogen-bond acceptors (Lipinski definition) is 4. The second-order valence-electron chi connectivity index (χ2n) is 3.83. The van der Waals surface area contributed by atoms with Gasteiger partial charge in [-0.3, -0.25) is 4.79 Å². The zero-order valence-corrected chi connectivity index (χ0v) is 10.7. The van der Waals surface area contributed by atoms with Crippen molar-refractivity contribution >= 4 is 23.6 Å². The molecule has 1 rings (SSSR count). The van der Waals surface area contributed by atoms with E-state index in [0.29, 0.717) is 6.42 Å². The van der Waals surface area contributed by atoms with Crippen LogP contribution in [-0.4, -0.2) is 53.1 Å². The van der Waals surface area contributed by atoms with Crippen LogP contribution in [0.2, 0.25) is 0 Å². The van der Waals surface area contributed by atoms with Crippen LogP contribution in [0.15, 0.2) is 0 Å². The van der Waals surface area contributed by atoms with Crippen molar-refractivity contribution in [3.63, 3.8) is 0 Å². The molecule has 1 fully saturated rings. The fourth-order valence-corrected chi connectivity index (χ4v) is 2.15. The molecule has 1 aliphatic heterocycles. The van der Waals surface area contributed by atoms with E-state index in [4.69, 9.17) is 5.11 Å². The molecule has 6 nitrogen and oxygen atoms in total. The average molecular weight is 264 g/mol. The zero-order chi connectivity index (χ0) is 12.0. The summed E-state index contributed by atoms with van der Waals surface area (Å²) >= 11 is 1.58. The lowest BCUT2D eigenvalue weighted by Gasteiger charge is -2.17. The quantitative estimate of drug-likeness (QED) is 0.584. The average Bonchev–Trinajstić information content (AvgIpc) is 2.76. The molecule has 7 heteroatoms. The van der Waals surface area contributed by atoms with Gasteiger partial charge in [0.1, 0.15) is 6.04 Å². The lowest BCUT2D eigenvalue weighted by molar-refractivity contribution is -0.142. The van der Waals surface area contributed by atoms with Gasteiger partial charge in [-0.2, -0.15) is 11.8 Å². The Morgan fingerprint density at radius 3 is 2.76 bits per heavy atom. The minimum Gasteiger partial charge on any atom is -0.480 e. The summed E-state index contributed by atoms with van der Waals surface area (Å²) in [6.07, 6.45) is 4.15. The molecule has 1 saturated heterocycles. The minimum atomic E-state index is -0.958. The molecule has 1 amide bonds. The van der Waals surface area contributed by atoms with E-state index in [1.165, 1.54) is 0 Å². The van der Waals surface area contributed by atoms with Crippen molar-refractivity contribution in [3.05, 3.63) is 0 Å². The van der Waals surface area contributed by atoms with Crippen molar-refractivity contribution < 1.29 is 20.2 Å². The number of carboxylic acids is 1. The van der Waals surface area contributed by atoms with Crippen molar-refractivity contribution in [1.82, 2.24) is 10.6 Å². The largest absolute Gasteiger partial charge is 0.480 e. The highest BCUT2D eigenvalue weighted by atomic mass is 32.2. The van der Waals surface area contributed by atoms with E-state index in [1.807, 2.05) is 6.26 Å². The third kappa shape index (κ3) is 5.38. The molecule has 17 heavy (non-hydrogen) atoms. The van der Waals surface area contributed by atoms with Crippen LogP contribution < -0.4 is 10.6 Å². The molecular weight excluding hydrogens is 244 g/mol. The van der Waals surface area contributed by atoms with Crippen LogP contribution in [0.25, 0.3) is 0 Å². The van der Waals surface area contributed by atoms with E-state index in [2.05, 4.69) is 10.6 Å². The molecule has 0 bridgehead atoms. The molecule has 0 aromatic heterocycles. The number of hydrogen-bond donors (Lipinski definition) is 3. The Morgan fingerprint density at radius 2 is 2.29 bits per heavy atom. The standard InChI is InChI=1S/C10H18N2O3S.H2O/c1-16-6-4-8(10(14)15)12-9(13)7-3-2-5-11-7;/h7-8,11H,2-6H2,1H3,(H,12,13)(H,14,15);1H2. The highest BCUT2D eigenvalue weighted by Gasteiger charge is 2.26. The third-order valence-corrected chi connectivity index (χ3v) is 3.25. The SMILES string of the molecule is CSCCC(NC(=O)C1CCCN1)C(=O)O.O. The molecule has 2 atom stereocenters. The second-order valence-corrected chi connectivity index (χ2v) is 4.82. The first kappa shape index (κ1) is 16.2. The van der Waals surface area contributed by atoms with E-state index in [-0.39, 0.29) is 17.4 Å². The van der Waals surface area contributed by atoms with E-state index in [9.17, 15) is 9.59 Å². The Hall–Kier alpha value is -0.790. The van der Waals surface area contributed by atoms with Gasteiger partial charge in [0.05, 0.1) is 6.04 Å². The van der Waals surface area contributed by atoms with Gasteiger partial charge in [-0.05, 0) is 37.8 Å². The van der Waals surface area contributed by atoms with Crippen molar-refractivity contribution in [3.8, 4) is 0 Å². The Balaban J connectivity index is 0.00000256. The summed E-state index contributed by atoms with van der Waals surface area (Å²) < 4.78 is 0. The Kier molecular flexibility index (Phi) is 7.94. The fraction of sp³-hybridized carbons (Fsp3) is 0.800. The molecular formula is C10H20N2O4S. The van der Waals surface area contributed by atoms with Crippen LogP contribution in [-0.2, 0) is 9.59 Å². The number of carbonyl (C=O) groups excluding carboxylic acids is 1. The van der Waals surface area contributed by atoms with Crippen molar-refractivity contribution in [2.75, 3.05) is 18.6 Å². The summed E-state index contributed by atoms with van der Waals surface area (Å²) in [5.74, 6) is -0.415. The first-order chi connectivity index (χ1) is 7.65. The van der Waals surface area contributed by atoms with Crippen LogP contribution in [0.1, 0.15) is 19.3 Å². The first-order valence-electron chi connectivity index (χ1n) is 5.40. The van der Waals surface area contributed by atoms with E-state index in [1.54, 1.807) is 11.8 Å². The summed E-state index contributed by atoms with van der Waals surface area (Å²) in [6, 6.07) is -0.974. The predicted octanol–water partition coefficient (Wildman–Crippen LogP) is -0.764. The second kappa shape index (κ2) is 8.32. The van der Waals surface area contributed by atoms with Gasteiger partial charge < -0.3 is 21.2 Å². The molecule has 0 radical (unpaired) electrons. The van der Waals surface area contributed by atoms with Gasteiger partial charge >= 0.3 is 5.97 Å². The molecule has 2 unspecified atom stereocenters. The summed E-state index contributed by atoms with van der Waals surface area (Å²) in [7, 11) is 0. The summed E-state index contributed by atoms with van der Waals surface area (Å²) in [6.45, 7) is 0.834. The maximum absolute atomic E-state index is 11.7. The summed E-state index contributed by atoms with van der Waals surface area (Å²) in [5, 5.41) is 14.6. The zero-order valence-electron chi connectivity index (χ0n) is 9.86. The summed E-state index contributed by atoms with van der Waals surface area (Å²) in [5.41, 5.74) is 0. The van der Waals surface area contributed by atoms with Gasteiger partial charge in [-0.1, -0.05) is 0 Å². The van der Waals surface area contributed by atoms with Crippen LogP contribution in [0.4, 0.5) is 0 Å². The molecule has 0 aromatic carbocycles. The van der Waals surface area contributed by atoms with E-state index < -0.39 is 12.0 Å². The number of thioether (sulfide) groups is 1.